The third-order valence-corrected chi connectivity index (χ3v) is 3.55. The molecule has 0 aliphatic carbocycles. The minimum atomic E-state index is -3.68. The summed E-state index contributed by atoms with van der Waals surface area (Å²) in [6.45, 7) is 3.18. The SMILES string of the molecule is CC#N.Cc1ccnc(NS(=O)(=O)c2ccc(N)cc2)n1. The molecule has 2 rings (SSSR count). The average molecular weight is 305 g/mol. The van der Waals surface area contributed by atoms with Gasteiger partial charge in [-0.1, -0.05) is 0 Å². The Morgan fingerprint density at radius 2 is 1.81 bits per heavy atom. The van der Waals surface area contributed by atoms with Crippen LogP contribution in [0.25, 0.3) is 0 Å². The largest absolute Gasteiger partial charge is 0.399 e. The molecule has 7 nitrogen and oxygen atoms in total. The molecule has 1 aromatic heterocycles. The molecule has 8 heteroatoms. The van der Waals surface area contributed by atoms with Gasteiger partial charge in [0.05, 0.1) is 11.0 Å². The summed E-state index contributed by atoms with van der Waals surface area (Å²) in [5.74, 6) is 0.0480. The third kappa shape index (κ3) is 5.08. The molecule has 0 aliphatic heterocycles. The van der Waals surface area contributed by atoms with Gasteiger partial charge in [0.2, 0.25) is 5.95 Å². The van der Waals surface area contributed by atoms with Crippen LogP contribution in [0, 0.1) is 18.3 Å². The van der Waals surface area contributed by atoms with Crippen molar-refractivity contribution in [3.8, 4) is 6.07 Å². The molecule has 0 bridgehead atoms. The fourth-order valence-corrected chi connectivity index (χ4v) is 2.28. The number of hydrogen-bond donors (Lipinski definition) is 2. The fourth-order valence-electron chi connectivity index (χ4n) is 1.32. The zero-order valence-electron chi connectivity index (χ0n) is 11.6. The van der Waals surface area contributed by atoms with Crippen molar-refractivity contribution in [2.45, 2.75) is 18.7 Å². The Kier molecular flexibility index (Phi) is 5.63. The summed E-state index contributed by atoms with van der Waals surface area (Å²) in [6.07, 6.45) is 1.49. The number of nitrogens with one attached hydrogen (secondary N) is 1. The number of aromatic nitrogens is 2. The number of nitrogen functional groups attached to an aromatic ring is 1. The Balaban J connectivity index is 0.000000677. The summed E-state index contributed by atoms with van der Waals surface area (Å²) in [7, 11) is -3.68. The van der Waals surface area contributed by atoms with Crippen molar-refractivity contribution >= 4 is 21.7 Å². The van der Waals surface area contributed by atoms with Crippen LogP contribution in [-0.2, 0) is 10.0 Å². The van der Waals surface area contributed by atoms with Gasteiger partial charge in [0, 0.05) is 24.5 Å². The van der Waals surface area contributed by atoms with Crippen molar-refractivity contribution in [3.63, 3.8) is 0 Å². The maximum Gasteiger partial charge on any atom is 0.264 e. The van der Waals surface area contributed by atoms with Gasteiger partial charge in [0.15, 0.2) is 0 Å². The second-order valence-electron chi connectivity index (χ2n) is 3.92. The second-order valence-corrected chi connectivity index (χ2v) is 5.60. The zero-order chi connectivity index (χ0) is 15.9. The van der Waals surface area contributed by atoms with E-state index in [2.05, 4.69) is 14.7 Å². The number of hydrogen-bond acceptors (Lipinski definition) is 6. The van der Waals surface area contributed by atoms with E-state index in [4.69, 9.17) is 11.0 Å². The number of nitrogens with zero attached hydrogens (tertiary/aromatic N) is 3. The third-order valence-electron chi connectivity index (χ3n) is 2.21. The Morgan fingerprint density at radius 1 is 1.24 bits per heavy atom. The van der Waals surface area contributed by atoms with Crippen LogP contribution in [0.3, 0.4) is 0 Å². The van der Waals surface area contributed by atoms with Gasteiger partial charge >= 0.3 is 0 Å². The molecule has 0 atom stereocenters. The number of nitriles is 1. The average Bonchev–Trinajstić information content (AvgIpc) is 2.39. The first-order valence-electron chi connectivity index (χ1n) is 5.88. The number of rotatable bonds is 3. The van der Waals surface area contributed by atoms with Gasteiger partial charge in [-0.3, -0.25) is 0 Å². The van der Waals surface area contributed by atoms with Crippen LogP contribution in [0.5, 0.6) is 0 Å². The highest BCUT2D eigenvalue weighted by Crippen LogP contribution is 2.14. The lowest BCUT2D eigenvalue weighted by Gasteiger charge is -2.06. The molecule has 1 heterocycles. The Hall–Kier alpha value is -2.66. The van der Waals surface area contributed by atoms with Crippen LogP contribution in [0.4, 0.5) is 11.6 Å². The lowest BCUT2D eigenvalue weighted by molar-refractivity contribution is 0.601. The molecular weight excluding hydrogens is 290 g/mol. The van der Waals surface area contributed by atoms with Crippen LogP contribution in [0.15, 0.2) is 41.4 Å². The highest BCUT2D eigenvalue weighted by molar-refractivity contribution is 7.92. The predicted octanol–water partition coefficient (Wildman–Crippen LogP) is 1.70. The smallest absolute Gasteiger partial charge is 0.264 e. The molecule has 0 saturated heterocycles. The van der Waals surface area contributed by atoms with Crippen LogP contribution in [0.1, 0.15) is 12.6 Å². The van der Waals surface area contributed by atoms with E-state index in [0.717, 1.165) is 0 Å². The highest BCUT2D eigenvalue weighted by atomic mass is 32.2. The summed E-state index contributed by atoms with van der Waals surface area (Å²) in [4.78, 5) is 7.93. The Labute approximate surface area is 123 Å². The molecule has 0 unspecified atom stereocenters. The molecule has 1 aromatic carbocycles. The van der Waals surface area contributed by atoms with Gasteiger partial charge in [-0.2, -0.15) is 5.26 Å². The van der Waals surface area contributed by atoms with E-state index in [1.54, 1.807) is 19.1 Å². The molecule has 21 heavy (non-hydrogen) atoms. The van der Waals surface area contributed by atoms with E-state index in [0.29, 0.717) is 11.4 Å². The number of nitrogens with two attached hydrogens (primary N) is 1. The summed E-state index contributed by atoms with van der Waals surface area (Å²) in [5, 5.41) is 7.32. The number of anilines is 2. The van der Waals surface area contributed by atoms with Gasteiger partial charge in [-0.25, -0.2) is 23.1 Å². The minimum absolute atomic E-state index is 0.0480. The first-order chi connectivity index (χ1) is 9.89. The van der Waals surface area contributed by atoms with Crippen LogP contribution < -0.4 is 10.5 Å². The quantitative estimate of drug-likeness (QED) is 0.832. The predicted molar refractivity (Wildman–Crippen MR) is 79.7 cm³/mol. The molecule has 0 aliphatic rings. The van der Waals surface area contributed by atoms with E-state index in [9.17, 15) is 8.42 Å². The first-order valence-corrected chi connectivity index (χ1v) is 7.36. The Morgan fingerprint density at radius 3 is 2.33 bits per heavy atom. The summed E-state index contributed by atoms with van der Waals surface area (Å²) >= 11 is 0. The lowest BCUT2D eigenvalue weighted by Crippen LogP contribution is -2.15. The molecule has 0 radical (unpaired) electrons. The van der Waals surface area contributed by atoms with Crippen molar-refractivity contribution in [3.05, 3.63) is 42.2 Å². The maximum atomic E-state index is 12.0. The molecule has 0 amide bonds. The van der Waals surface area contributed by atoms with E-state index < -0.39 is 10.0 Å². The van der Waals surface area contributed by atoms with Gasteiger partial charge in [0.25, 0.3) is 10.0 Å². The van der Waals surface area contributed by atoms with Gasteiger partial charge in [-0.15, -0.1) is 0 Å². The highest BCUT2D eigenvalue weighted by Gasteiger charge is 2.15. The van der Waals surface area contributed by atoms with Gasteiger partial charge in [0.1, 0.15) is 0 Å². The molecule has 3 N–H and O–H groups in total. The topological polar surface area (TPSA) is 122 Å². The fraction of sp³-hybridized carbons (Fsp3) is 0.154. The normalized spacial score (nSPS) is 9.95. The van der Waals surface area contributed by atoms with E-state index in [-0.39, 0.29) is 10.8 Å². The molecule has 0 spiro atoms. The van der Waals surface area contributed by atoms with Crippen LogP contribution >= 0.6 is 0 Å². The van der Waals surface area contributed by atoms with Crippen molar-refractivity contribution in [1.82, 2.24) is 9.97 Å². The Bertz CT molecular complexity index is 736. The summed E-state index contributed by atoms with van der Waals surface area (Å²) in [5.41, 5.74) is 6.68. The van der Waals surface area contributed by atoms with Crippen molar-refractivity contribution in [2.75, 3.05) is 10.5 Å². The van der Waals surface area contributed by atoms with E-state index >= 15 is 0 Å². The number of sulfonamides is 1. The standard InChI is InChI=1S/C11H12N4O2S.C2H3N/c1-8-6-7-13-11(14-8)15-18(16,17)10-4-2-9(12)3-5-10;1-2-3/h2-7H,12H2,1H3,(H,13,14,15);1H3. The minimum Gasteiger partial charge on any atom is -0.399 e. The monoisotopic (exact) mass is 305 g/mol. The number of aryl methyl sites for hydroxylation is 1. The molecular formula is C13H15N5O2S. The van der Waals surface area contributed by atoms with Crippen molar-refractivity contribution in [2.24, 2.45) is 0 Å². The van der Waals surface area contributed by atoms with Gasteiger partial charge in [-0.05, 0) is 37.3 Å². The van der Waals surface area contributed by atoms with E-state index in [1.807, 2.05) is 0 Å². The summed E-state index contributed by atoms with van der Waals surface area (Å²) < 4.78 is 26.3. The van der Waals surface area contributed by atoms with E-state index in [1.165, 1.54) is 37.4 Å². The molecule has 0 saturated carbocycles. The van der Waals surface area contributed by atoms with Crippen molar-refractivity contribution in [1.29, 1.82) is 5.26 Å². The maximum absolute atomic E-state index is 12.0. The molecule has 110 valence electrons. The van der Waals surface area contributed by atoms with Crippen LogP contribution in [-0.4, -0.2) is 18.4 Å². The molecule has 2 aromatic rings. The summed E-state index contributed by atoms with van der Waals surface area (Å²) in [6, 6.07) is 9.32. The van der Waals surface area contributed by atoms with Crippen molar-refractivity contribution < 1.29 is 8.42 Å². The number of benzene rings is 1. The molecule has 0 fully saturated rings. The second kappa shape index (κ2) is 7.21. The van der Waals surface area contributed by atoms with Crippen LogP contribution in [0.2, 0.25) is 0 Å². The zero-order valence-corrected chi connectivity index (χ0v) is 12.4. The first kappa shape index (κ1) is 16.4. The van der Waals surface area contributed by atoms with Gasteiger partial charge < -0.3 is 5.73 Å². The lowest BCUT2D eigenvalue weighted by atomic mass is 10.3.